The Hall–Kier alpha value is -3.12. The van der Waals surface area contributed by atoms with Crippen LogP contribution in [0.15, 0.2) is 66.0 Å². The lowest BCUT2D eigenvalue weighted by Crippen LogP contribution is -2.21. The van der Waals surface area contributed by atoms with Crippen LogP contribution in [0.5, 0.6) is 0 Å². The van der Waals surface area contributed by atoms with Crippen LogP contribution in [0.3, 0.4) is 0 Å². The molecule has 0 saturated heterocycles. The van der Waals surface area contributed by atoms with E-state index in [0.717, 1.165) is 42.0 Å². The highest BCUT2D eigenvalue weighted by atomic mass is 32.1. The summed E-state index contributed by atoms with van der Waals surface area (Å²) in [5.74, 6) is 1.43. The summed E-state index contributed by atoms with van der Waals surface area (Å²) in [6, 6.07) is 20.7. The smallest absolute Gasteiger partial charge is 0.229 e. The number of thiophene rings is 1. The van der Waals surface area contributed by atoms with Gasteiger partial charge in [0.15, 0.2) is 0 Å². The molecular weight excluding hydrogens is 378 g/mol. The van der Waals surface area contributed by atoms with Crippen LogP contribution in [-0.4, -0.2) is 23.1 Å². The molecule has 0 radical (unpaired) electrons. The summed E-state index contributed by atoms with van der Waals surface area (Å²) >= 11 is 1.74. The van der Waals surface area contributed by atoms with Gasteiger partial charge in [0.05, 0.1) is 12.1 Å². The molecule has 0 aliphatic heterocycles. The number of aromatic nitrogens is 2. The molecule has 2 aromatic heterocycles. The number of anilines is 4. The highest BCUT2D eigenvalue weighted by Crippen LogP contribution is 2.25. The minimum absolute atomic E-state index is 0.591. The minimum atomic E-state index is 0.591. The lowest BCUT2D eigenvalue weighted by atomic mass is 10.2. The molecule has 0 atom stereocenters. The third kappa shape index (κ3) is 4.49. The van der Waals surface area contributed by atoms with Gasteiger partial charge in [0.25, 0.3) is 0 Å². The Labute approximate surface area is 175 Å². The summed E-state index contributed by atoms with van der Waals surface area (Å²) in [4.78, 5) is 13.0. The highest BCUT2D eigenvalue weighted by Gasteiger charge is 2.09. The van der Waals surface area contributed by atoms with Crippen LogP contribution in [0.1, 0.15) is 18.7 Å². The van der Waals surface area contributed by atoms with E-state index < -0.39 is 0 Å². The monoisotopic (exact) mass is 403 g/mol. The molecule has 4 rings (SSSR count). The maximum atomic E-state index is 4.75. The Balaban J connectivity index is 1.58. The predicted octanol–water partition coefficient (Wildman–Crippen LogP) is 5.89. The van der Waals surface area contributed by atoms with Crippen LogP contribution in [0.4, 0.5) is 23.1 Å². The first-order chi connectivity index (χ1) is 14.3. The third-order valence-corrected chi connectivity index (χ3v) is 5.74. The molecule has 0 fully saturated rings. The van der Waals surface area contributed by atoms with E-state index in [1.807, 2.05) is 18.2 Å². The fourth-order valence-corrected chi connectivity index (χ4v) is 3.97. The van der Waals surface area contributed by atoms with Crippen LogP contribution in [-0.2, 0) is 6.54 Å². The van der Waals surface area contributed by atoms with E-state index in [4.69, 9.17) is 9.97 Å². The van der Waals surface area contributed by atoms with Gasteiger partial charge in [-0.05, 0) is 61.7 Å². The van der Waals surface area contributed by atoms with Crippen molar-refractivity contribution in [3.63, 3.8) is 0 Å². The van der Waals surface area contributed by atoms with Gasteiger partial charge in [-0.3, -0.25) is 0 Å². The Morgan fingerprint density at radius 3 is 2.41 bits per heavy atom. The van der Waals surface area contributed by atoms with Crippen molar-refractivity contribution in [1.29, 1.82) is 0 Å². The molecule has 0 aliphatic rings. The van der Waals surface area contributed by atoms with Crippen molar-refractivity contribution in [2.45, 2.75) is 20.4 Å². The number of hydrogen-bond acceptors (Lipinski definition) is 6. The topological polar surface area (TPSA) is 53.1 Å². The van der Waals surface area contributed by atoms with Crippen LogP contribution in [0.2, 0.25) is 0 Å². The number of nitrogens with zero attached hydrogens (tertiary/aromatic N) is 3. The second-order valence-corrected chi connectivity index (χ2v) is 7.72. The minimum Gasteiger partial charge on any atom is -0.372 e. The maximum absolute atomic E-state index is 4.75. The first-order valence-electron chi connectivity index (χ1n) is 9.92. The molecular formula is C23H25N5S. The van der Waals surface area contributed by atoms with Gasteiger partial charge in [0.2, 0.25) is 5.95 Å². The highest BCUT2D eigenvalue weighted by molar-refractivity contribution is 7.09. The van der Waals surface area contributed by atoms with Crippen molar-refractivity contribution in [2.24, 2.45) is 0 Å². The van der Waals surface area contributed by atoms with E-state index >= 15 is 0 Å². The Morgan fingerprint density at radius 2 is 1.69 bits per heavy atom. The van der Waals surface area contributed by atoms with Crippen molar-refractivity contribution >= 4 is 45.4 Å². The van der Waals surface area contributed by atoms with E-state index in [1.54, 1.807) is 11.3 Å². The molecule has 6 heteroatoms. The number of rotatable bonds is 8. The molecule has 0 spiro atoms. The number of benzene rings is 2. The third-order valence-electron chi connectivity index (χ3n) is 4.87. The fourth-order valence-electron chi connectivity index (χ4n) is 3.32. The first-order valence-corrected chi connectivity index (χ1v) is 10.8. The molecule has 0 amide bonds. The van der Waals surface area contributed by atoms with Gasteiger partial charge in [-0.25, -0.2) is 4.98 Å². The van der Waals surface area contributed by atoms with Crippen molar-refractivity contribution in [3.8, 4) is 0 Å². The van der Waals surface area contributed by atoms with Crippen LogP contribution >= 0.6 is 11.3 Å². The average Bonchev–Trinajstić information content (AvgIpc) is 3.28. The second-order valence-electron chi connectivity index (χ2n) is 6.69. The molecule has 2 aromatic carbocycles. The summed E-state index contributed by atoms with van der Waals surface area (Å²) in [5, 5.41) is 9.93. The van der Waals surface area contributed by atoms with Gasteiger partial charge in [-0.15, -0.1) is 11.3 Å². The normalized spacial score (nSPS) is 10.8. The molecule has 0 bridgehead atoms. The first kappa shape index (κ1) is 19.2. The van der Waals surface area contributed by atoms with E-state index in [1.165, 1.54) is 10.6 Å². The van der Waals surface area contributed by atoms with Crippen LogP contribution in [0, 0.1) is 0 Å². The van der Waals surface area contributed by atoms with Gasteiger partial charge in [-0.1, -0.05) is 18.2 Å². The molecule has 148 valence electrons. The van der Waals surface area contributed by atoms with Crippen molar-refractivity contribution in [2.75, 3.05) is 28.6 Å². The maximum Gasteiger partial charge on any atom is 0.229 e. The molecule has 2 N–H and O–H groups in total. The van der Waals surface area contributed by atoms with Crippen molar-refractivity contribution < 1.29 is 0 Å². The lowest BCUT2D eigenvalue weighted by Gasteiger charge is -2.21. The lowest BCUT2D eigenvalue weighted by molar-refractivity contribution is 0.866. The molecule has 0 aliphatic carbocycles. The molecule has 29 heavy (non-hydrogen) atoms. The molecule has 4 aromatic rings. The van der Waals surface area contributed by atoms with Gasteiger partial charge >= 0.3 is 0 Å². The summed E-state index contributed by atoms with van der Waals surface area (Å²) < 4.78 is 0. The largest absolute Gasteiger partial charge is 0.372 e. The summed E-state index contributed by atoms with van der Waals surface area (Å²) in [6.45, 7) is 7.08. The zero-order chi connectivity index (χ0) is 20.1. The zero-order valence-electron chi connectivity index (χ0n) is 16.7. The quantitative estimate of drug-likeness (QED) is 0.384. The van der Waals surface area contributed by atoms with E-state index in [-0.39, 0.29) is 0 Å². The molecule has 5 nitrogen and oxygen atoms in total. The Bertz CT molecular complexity index is 1060. The van der Waals surface area contributed by atoms with Gasteiger partial charge < -0.3 is 15.5 Å². The van der Waals surface area contributed by atoms with Gasteiger partial charge in [0.1, 0.15) is 5.82 Å². The summed E-state index contributed by atoms with van der Waals surface area (Å²) in [7, 11) is 0. The summed E-state index contributed by atoms with van der Waals surface area (Å²) in [5.41, 5.74) is 3.11. The van der Waals surface area contributed by atoms with Crippen molar-refractivity contribution in [3.05, 3.63) is 70.9 Å². The predicted molar refractivity (Wildman–Crippen MR) is 124 cm³/mol. The fraction of sp³-hybridized carbons (Fsp3) is 0.217. The number of nitrogens with one attached hydrogen (secondary N) is 2. The number of para-hydroxylation sites is 1. The summed E-state index contributed by atoms with van der Waals surface area (Å²) in [6.07, 6.45) is 0. The second kappa shape index (κ2) is 8.92. The standard InChI is InChI=1S/C23H25N5S/c1-3-28(4-2)18-13-11-17(12-14-18)25-23-26-21-10-6-5-9-20(21)22(27-23)24-16-19-8-7-15-29-19/h5-15H,3-4,16H2,1-2H3,(H2,24,25,26,27). The molecule has 2 heterocycles. The van der Waals surface area contributed by atoms with Crippen LogP contribution < -0.4 is 15.5 Å². The van der Waals surface area contributed by atoms with Gasteiger partial charge in [-0.2, -0.15) is 4.98 Å². The van der Waals surface area contributed by atoms with E-state index in [2.05, 4.69) is 77.2 Å². The van der Waals surface area contributed by atoms with Crippen LogP contribution in [0.25, 0.3) is 10.9 Å². The van der Waals surface area contributed by atoms with E-state index in [0.29, 0.717) is 5.95 Å². The zero-order valence-corrected chi connectivity index (χ0v) is 17.5. The molecule has 0 saturated carbocycles. The molecule has 0 unspecified atom stereocenters. The average molecular weight is 404 g/mol. The Morgan fingerprint density at radius 1 is 0.897 bits per heavy atom. The van der Waals surface area contributed by atoms with E-state index in [9.17, 15) is 0 Å². The van der Waals surface area contributed by atoms with Gasteiger partial charge in [0, 0.05) is 34.7 Å². The van der Waals surface area contributed by atoms with Crippen molar-refractivity contribution in [1.82, 2.24) is 9.97 Å². The Kier molecular flexibility index (Phi) is 5.91. The number of fused-ring (bicyclic) bond motifs is 1. The SMILES string of the molecule is CCN(CC)c1ccc(Nc2nc(NCc3cccs3)c3ccccc3n2)cc1. The number of hydrogen-bond donors (Lipinski definition) is 2.